The Labute approximate surface area is 206 Å². The Kier molecular flexibility index (Phi) is 7.18. The third-order valence-electron chi connectivity index (χ3n) is 5.09. The van der Waals surface area contributed by atoms with Crippen LogP contribution in [0.15, 0.2) is 90.0 Å². The lowest BCUT2D eigenvalue weighted by Gasteiger charge is -2.10. The predicted octanol–water partition coefficient (Wildman–Crippen LogP) is 5.11. The fourth-order valence-corrected chi connectivity index (χ4v) is 3.40. The molecule has 0 fully saturated rings. The van der Waals surface area contributed by atoms with Crippen molar-refractivity contribution < 1.29 is 19.1 Å². The maximum absolute atomic E-state index is 12.6. The lowest BCUT2D eigenvalue weighted by Crippen LogP contribution is -2.32. The van der Waals surface area contributed by atoms with Crippen molar-refractivity contribution in [3.63, 3.8) is 0 Å². The third kappa shape index (κ3) is 5.90. The molecule has 0 bridgehead atoms. The zero-order valence-electron chi connectivity index (χ0n) is 18.6. The van der Waals surface area contributed by atoms with Gasteiger partial charge in [0.15, 0.2) is 0 Å². The van der Waals surface area contributed by atoms with Gasteiger partial charge in [-0.2, -0.15) is 5.10 Å². The van der Waals surface area contributed by atoms with Crippen LogP contribution >= 0.6 is 11.6 Å². The summed E-state index contributed by atoms with van der Waals surface area (Å²) >= 11 is 5.89. The molecular formula is C27H20ClN3O4. The Bertz CT molecular complexity index is 1430. The van der Waals surface area contributed by atoms with Gasteiger partial charge in [-0.1, -0.05) is 59.6 Å². The summed E-state index contributed by atoms with van der Waals surface area (Å²) in [6.45, 7) is 1.92. The minimum atomic E-state index is -0.943. The Morgan fingerprint density at radius 1 is 0.857 bits per heavy atom. The van der Waals surface area contributed by atoms with Crippen LogP contribution in [0.5, 0.6) is 5.75 Å². The average Bonchev–Trinajstić information content (AvgIpc) is 2.86. The monoisotopic (exact) mass is 485 g/mol. The number of aryl methyl sites for hydroxylation is 1. The molecule has 0 heterocycles. The van der Waals surface area contributed by atoms with Crippen LogP contribution in [0.2, 0.25) is 5.02 Å². The first-order valence-electron chi connectivity index (χ1n) is 10.6. The van der Waals surface area contributed by atoms with E-state index in [1.54, 1.807) is 42.5 Å². The molecule has 0 spiro atoms. The van der Waals surface area contributed by atoms with Crippen molar-refractivity contribution >= 4 is 52.1 Å². The molecule has 7 nitrogen and oxygen atoms in total. The van der Waals surface area contributed by atoms with Crippen molar-refractivity contribution in [3.8, 4) is 5.75 Å². The molecule has 0 unspecified atom stereocenters. The third-order valence-corrected chi connectivity index (χ3v) is 5.34. The van der Waals surface area contributed by atoms with E-state index >= 15 is 0 Å². The lowest BCUT2D eigenvalue weighted by atomic mass is 10.0. The van der Waals surface area contributed by atoms with E-state index in [0.717, 1.165) is 16.3 Å². The van der Waals surface area contributed by atoms with Gasteiger partial charge in [0, 0.05) is 16.3 Å². The van der Waals surface area contributed by atoms with Crippen LogP contribution in [0.25, 0.3) is 10.8 Å². The van der Waals surface area contributed by atoms with Gasteiger partial charge in [0.1, 0.15) is 5.75 Å². The Balaban J connectivity index is 1.53. The molecule has 0 saturated carbocycles. The number of nitrogens with one attached hydrogen (secondary N) is 2. The van der Waals surface area contributed by atoms with Gasteiger partial charge in [0.25, 0.3) is 0 Å². The SMILES string of the molecule is Cc1ccc(NC(=O)C(=O)NN=Cc2c(OC(=O)c3ccc(Cl)cc3)ccc3ccccc23)cc1. The molecule has 2 N–H and O–H groups in total. The quantitative estimate of drug-likeness (QED) is 0.135. The van der Waals surface area contributed by atoms with Gasteiger partial charge in [-0.3, -0.25) is 9.59 Å². The molecule has 35 heavy (non-hydrogen) atoms. The number of benzene rings is 4. The summed E-state index contributed by atoms with van der Waals surface area (Å²) in [6, 6.07) is 24.2. The van der Waals surface area contributed by atoms with Crippen LogP contribution in [0.4, 0.5) is 5.69 Å². The van der Waals surface area contributed by atoms with E-state index in [4.69, 9.17) is 16.3 Å². The molecule has 174 valence electrons. The number of halogens is 1. The smallest absolute Gasteiger partial charge is 0.343 e. The number of amides is 2. The Hall–Kier alpha value is -4.49. The lowest BCUT2D eigenvalue weighted by molar-refractivity contribution is -0.136. The number of carbonyl (C=O) groups excluding carboxylic acids is 3. The molecule has 0 aliphatic rings. The fraction of sp³-hybridized carbons (Fsp3) is 0.0370. The predicted molar refractivity (Wildman–Crippen MR) is 136 cm³/mol. The number of esters is 1. The van der Waals surface area contributed by atoms with E-state index in [0.29, 0.717) is 21.8 Å². The van der Waals surface area contributed by atoms with E-state index in [1.807, 2.05) is 49.4 Å². The van der Waals surface area contributed by atoms with Crippen molar-refractivity contribution in [1.29, 1.82) is 0 Å². The number of fused-ring (bicyclic) bond motifs is 1. The molecule has 4 aromatic rings. The van der Waals surface area contributed by atoms with Crippen LogP contribution < -0.4 is 15.5 Å². The normalized spacial score (nSPS) is 10.8. The average molecular weight is 486 g/mol. The van der Waals surface area contributed by atoms with Crippen LogP contribution in [-0.4, -0.2) is 24.0 Å². The standard InChI is InChI=1S/C27H20ClN3O4/c1-17-6-13-21(14-7-17)30-25(32)26(33)31-29-16-23-22-5-3-2-4-18(22)10-15-24(23)35-27(34)19-8-11-20(28)12-9-19/h2-16H,1H3,(H,30,32)(H,31,33). The second-order valence-electron chi connectivity index (χ2n) is 7.61. The Morgan fingerprint density at radius 3 is 2.31 bits per heavy atom. The molecule has 0 aliphatic carbocycles. The largest absolute Gasteiger partial charge is 0.422 e. The van der Waals surface area contributed by atoms with Crippen LogP contribution in [0, 0.1) is 6.92 Å². The zero-order chi connectivity index (χ0) is 24.8. The van der Waals surface area contributed by atoms with Gasteiger partial charge in [0.2, 0.25) is 0 Å². The number of rotatable bonds is 5. The molecule has 0 atom stereocenters. The van der Waals surface area contributed by atoms with Gasteiger partial charge < -0.3 is 10.1 Å². The topological polar surface area (TPSA) is 96.9 Å². The highest BCUT2D eigenvalue weighted by Crippen LogP contribution is 2.27. The number of anilines is 1. The van der Waals surface area contributed by atoms with Gasteiger partial charge in [0.05, 0.1) is 11.8 Å². The first-order valence-corrected chi connectivity index (χ1v) is 11.0. The second kappa shape index (κ2) is 10.6. The molecule has 4 aromatic carbocycles. The van der Waals surface area contributed by atoms with Crippen LogP contribution in [0.3, 0.4) is 0 Å². The summed E-state index contributed by atoms with van der Waals surface area (Å²) in [7, 11) is 0. The summed E-state index contributed by atoms with van der Waals surface area (Å²) in [5.74, 6) is -2.14. The molecule has 8 heteroatoms. The molecule has 4 rings (SSSR count). The van der Waals surface area contributed by atoms with E-state index in [1.165, 1.54) is 6.21 Å². The number of hydrazone groups is 1. The zero-order valence-corrected chi connectivity index (χ0v) is 19.4. The molecule has 0 radical (unpaired) electrons. The van der Waals surface area contributed by atoms with Crippen molar-refractivity contribution in [2.75, 3.05) is 5.32 Å². The number of carbonyl (C=O) groups is 3. The van der Waals surface area contributed by atoms with E-state index in [9.17, 15) is 14.4 Å². The molecule has 2 amide bonds. The Morgan fingerprint density at radius 2 is 1.57 bits per heavy atom. The van der Waals surface area contributed by atoms with E-state index < -0.39 is 17.8 Å². The summed E-state index contributed by atoms with van der Waals surface area (Å²) in [5.41, 5.74) is 4.52. The summed E-state index contributed by atoms with van der Waals surface area (Å²) in [5, 5.41) is 8.56. The summed E-state index contributed by atoms with van der Waals surface area (Å²) < 4.78 is 5.61. The van der Waals surface area contributed by atoms with Gasteiger partial charge in [-0.15, -0.1) is 0 Å². The maximum Gasteiger partial charge on any atom is 0.343 e. The number of ether oxygens (including phenoxy) is 1. The number of hydrogen-bond donors (Lipinski definition) is 2. The maximum atomic E-state index is 12.6. The van der Waals surface area contributed by atoms with Crippen LogP contribution in [-0.2, 0) is 9.59 Å². The van der Waals surface area contributed by atoms with Gasteiger partial charge in [-0.05, 0) is 60.2 Å². The van der Waals surface area contributed by atoms with Crippen molar-refractivity contribution in [1.82, 2.24) is 5.43 Å². The first-order chi connectivity index (χ1) is 16.9. The van der Waals surface area contributed by atoms with Crippen molar-refractivity contribution in [2.24, 2.45) is 5.10 Å². The molecule has 0 aliphatic heterocycles. The van der Waals surface area contributed by atoms with E-state index in [-0.39, 0.29) is 5.75 Å². The minimum Gasteiger partial charge on any atom is -0.422 e. The van der Waals surface area contributed by atoms with Gasteiger partial charge in [-0.25, -0.2) is 10.2 Å². The number of hydrogen-bond acceptors (Lipinski definition) is 5. The molecular weight excluding hydrogens is 466 g/mol. The number of nitrogens with zero attached hydrogens (tertiary/aromatic N) is 1. The minimum absolute atomic E-state index is 0.241. The highest BCUT2D eigenvalue weighted by atomic mass is 35.5. The van der Waals surface area contributed by atoms with Crippen molar-refractivity contribution in [2.45, 2.75) is 6.92 Å². The second-order valence-corrected chi connectivity index (χ2v) is 8.05. The summed E-state index contributed by atoms with van der Waals surface area (Å²) in [6.07, 6.45) is 1.34. The highest BCUT2D eigenvalue weighted by Gasteiger charge is 2.15. The molecule has 0 saturated heterocycles. The van der Waals surface area contributed by atoms with Crippen LogP contribution in [0.1, 0.15) is 21.5 Å². The summed E-state index contributed by atoms with van der Waals surface area (Å²) in [4.78, 5) is 37.0. The van der Waals surface area contributed by atoms with Crippen molar-refractivity contribution in [3.05, 3.63) is 107 Å². The molecule has 0 aromatic heterocycles. The highest BCUT2D eigenvalue weighted by molar-refractivity contribution is 6.39. The van der Waals surface area contributed by atoms with Gasteiger partial charge >= 0.3 is 17.8 Å². The van der Waals surface area contributed by atoms with E-state index in [2.05, 4.69) is 15.8 Å². The fourth-order valence-electron chi connectivity index (χ4n) is 3.27. The first kappa shape index (κ1) is 23.7.